The first-order valence-electron chi connectivity index (χ1n) is 4.89. The number of amides is 2. The second kappa shape index (κ2) is 4.67. The molecule has 0 bridgehead atoms. The number of carbonyl (C=O) groups is 2. The third-order valence-corrected chi connectivity index (χ3v) is 3.63. The average Bonchev–Trinajstić information content (AvgIpc) is 2.63. The lowest BCUT2D eigenvalue weighted by Crippen LogP contribution is -2.32. The molecule has 1 aromatic rings. The minimum Gasteiger partial charge on any atom is -0.278 e. The highest BCUT2D eigenvalue weighted by molar-refractivity contribution is 9.11. The summed E-state index contributed by atoms with van der Waals surface area (Å²) in [5.74, 6) is -0.304. The number of hydrogen-bond donors (Lipinski definition) is 0. The number of carbonyl (C=O) groups excluding carboxylic acids is 2. The Morgan fingerprint density at radius 1 is 1.31 bits per heavy atom. The number of likely N-dealkylation sites (tertiary alicyclic amines) is 1. The van der Waals surface area contributed by atoms with Gasteiger partial charge in [-0.05, 0) is 40.5 Å². The second-order valence-corrected chi connectivity index (χ2v) is 5.35. The Labute approximate surface area is 110 Å². The summed E-state index contributed by atoms with van der Waals surface area (Å²) in [5, 5.41) is 0. The van der Waals surface area contributed by atoms with Crippen molar-refractivity contribution >= 4 is 43.7 Å². The summed E-state index contributed by atoms with van der Waals surface area (Å²) in [7, 11) is 0. The Morgan fingerprint density at radius 2 is 2.06 bits per heavy atom. The zero-order chi connectivity index (χ0) is 11.7. The van der Waals surface area contributed by atoms with Gasteiger partial charge in [0, 0.05) is 21.9 Å². The normalized spacial score (nSPS) is 15.6. The van der Waals surface area contributed by atoms with E-state index in [9.17, 15) is 9.59 Å². The fraction of sp³-hybridized carbons (Fsp3) is 0.273. The van der Waals surface area contributed by atoms with E-state index in [1.165, 1.54) is 4.90 Å². The van der Waals surface area contributed by atoms with Gasteiger partial charge in [-0.2, -0.15) is 0 Å². The number of imide groups is 1. The molecule has 2 rings (SSSR count). The quantitative estimate of drug-likeness (QED) is 0.733. The minimum atomic E-state index is -0.220. The van der Waals surface area contributed by atoms with Crippen LogP contribution in [0, 0.1) is 0 Å². The number of benzene rings is 1. The van der Waals surface area contributed by atoms with Gasteiger partial charge >= 0.3 is 0 Å². The van der Waals surface area contributed by atoms with Gasteiger partial charge in [0.15, 0.2) is 0 Å². The van der Waals surface area contributed by atoms with Gasteiger partial charge in [0.05, 0.1) is 5.56 Å². The van der Waals surface area contributed by atoms with Crippen molar-refractivity contribution in [1.82, 2.24) is 4.90 Å². The van der Waals surface area contributed by atoms with E-state index in [0.717, 1.165) is 10.9 Å². The standard InChI is InChI=1S/C11H9Br2NO2/c12-7-3-4-8(9(13)6-7)11(16)14-5-1-2-10(14)15/h3-4,6H,1-2,5H2. The summed E-state index contributed by atoms with van der Waals surface area (Å²) in [6.45, 7) is 0.528. The van der Waals surface area contributed by atoms with Crippen LogP contribution < -0.4 is 0 Å². The molecule has 0 aliphatic carbocycles. The lowest BCUT2D eigenvalue weighted by atomic mass is 10.2. The lowest BCUT2D eigenvalue weighted by molar-refractivity contribution is -0.125. The molecule has 0 aromatic heterocycles. The van der Waals surface area contributed by atoms with E-state index >= 15 is 0 Å². The topological polar surface area (TPSA) is 37.4 Å². The van der Waals surface area contributed by atoms with Gasteiger partial charge in [0.2, 0.25) is 5.91 Å². The molecule has 0 radical (unpaired) electrons. The Morgan fingerprint density at radius 3 is 2.62 bits per heavy atom. The molecular weight excluding hydrogens is 338 g/mol. The third kappa shape index (κ3) is 2.20. The van der Waals surface area contributed by atoms with E-state index in [-0.39, 0.29) is 11.8 Å². The Kier molecular flexibility index (Phi) is 3.44. The summed E-state index contributed by atoms with van der Waals surface area (Å²) in [4.78, 5) is 24.8. The zero-order valence-electron chi connectivity index (χ0n) is 8.37. The van der Waals surface area contributed by atoms with Crippen molar-refractivity contribution in [2.45, 2.75) is 12.8 Å². The van der Waals surface area contributed by atoms with Crippen LogP contribution >= 0.6 is 31.9 Å². The van der Waals surface area contributed by atoms with Gasteiger partial charge in [0.1, 0.15) is 0 Å². The Bertz CT molecular complexity index is 459. The van der Waals surface area contributed by atoms with Crippen LogP contribution in [0.2, 0.25) is 0 Å². The van der Waals surface area contributed by atoms with Gasteiger partial charge in [-0.1, -0.05) is 15.9 Å². The number of nitrogens with zero attached hydrogens (tertiary/aromatic N) is 1. The lowest BCUT2D eigenvalue weighted by Gasteiger charge is -2.14. The molecule has 0 unspecified atom stereocenters. The number of halogens is 2. The number of hydrogen-bond acceptors (Lipinski definition) is 2. The van der Waals surface area contributed by atoms with Crippen LogP contribution in [0.5, 0.6) is 0 Å². The highest BCUT2D eigenvalue weighted by Crippen LogP contribution is 2.24. The predicted octanol–water partition coefficient (Wildman–Crippen LogP) is 2.97. The van der Waals surface area contributed by atoms with Crippen molar-refractivity contribution in [1.29, 1.82) is 0 Å². The molecule has 0 saturated carbocycles. The fourth-order valence-corrected chi connectivity index (χ4v) is 2.89. The molecule has 1 aliphatic rings. The smallest absolute Gasteiger partial charge is 0.261 e. The summed E-state index contributed by atoms with van der Waals surface area (Å²) in [6.07, 6.45) is 1.23. The van der Waals surface area contributed by atoms with Gasteiger partial charge in [-0.25, -0.2) is 0 Å². The first-order chi connectivity index (χ1) is 7.59. The molecule has 2 amide bonds. The average molecular weight is 347 g/mol. The van der Waals surface area contributed by atoms with Crippen LogP contribution in [0.1, 0.15) is 23.2 Å². The summed E-state index contributed by atoms with van der Waals surface area (Å²) in [5.41, 5.74) is 0.526. The molecule has 1 saturated heterocycles. The first-order valence-corrected chi connectivity index (χ1v) is 6.48. The minimum absolute atomic E-state index is 0.0835. The van der Waals surface area contributed by atoms with E-state index in [1.54, 1.807) is 18.2 Å². The van der Waals surface area contributed by atoms with Crippen LogP contribution in [0.4, 0.5) is 0 Å². The summed E-state index contributed by atoms with van der Waals surface area (Å²) >= 11 is 6.64. The van der Waals surface area contributed by atoms with E-state index in [1.807, 2.05) is 0 Å². The SMILES string of the molecule is O=C1CCCN1C(=O)c1ccc(Br)cc1Br. The molecule has 1 aromatic carbocycles. The summed E-state index contributed by atoms with van der Waals surface area (Å²) in [6, 6.07) is 5.30. The second-order valence-electron chi connectivity index (χ2n) is 3.58. The molecule has 0 N–H and O–H groups in total. The molecule has 16 heavy (non-hydrogen) atoms. The Hall–Kier alpha value is -0.680. The molecule has 0 spiro atoms. The van der Waals surface area contributed by atoms with Gasteiger partial charge in [-0.15, -0.1) is 0 Å². The molecule has 0 atom stereocenters. The third-order valence-electron chi connectivity index (χ3n) is 2.48. The molecule has 1 heterocycles. The maximum atomic E-state index is 12.0. The van der Waals surface area contributed by atoms with Crippen molar-refractivity contribution in [2.75, 3.05) is 6.54 Å². The maximum Gasteiger partial charge on any atom is 0.261 e. The van der Waals surface area contributed by atoms with Gasteiger partial charge in [-0.3, -0.25) is 14.5 Å². The van der Waals surface area contributed by atoms with Gasteiger partial charge in [0.25, 0.3) is 5.91 Å². The van der Waals surface area contributed by atoms with Crippen LogP contribution in [-0.2, 0) is 4.79 Å². The fourth-order valence-electron chi connectivity index (χ4n) is 1.67. The monoisotopic (exact) mass is 345 g/mol. The maximum absolute atomic E-state index is 12.0. The highest BCUT2D eigenvalue weighted by atomic mass is 79.9. The van der Waals surface area contributed by atoms with Crippen molar-refractivity contribution in [2.24, 2.45) is 0 Å². The highest BCUT2D eigenvalue weighted by Gasteiger charge is 2.28. The largest absolute Gasteiger partial charge is 0.278 e. The first kappa shape index (κ1) is 11.8. The van der Waals surface area contributed by atoms with Crippen molar-refractivity contribution in [3.8, 4) is 0 Å². The number of rotatable bonds is 1. The molecule has 3 nitrogen and oxygen atoms in total. The van der Waals surface area contributed by atoms with Crippen molar-refractivity contribution in [3.05, 3.63) is 32.7 Å². The van der Waals surface area contributed by atoms with E-state index in [0.29, 0.717) is 23.0 Å². The Balaban J connectivity index is 2.30. The zero-order valence-corrected chi connectivity index (χ0v) is 11.5. The van der Waals surface area contributed by atoms with E-state index in [2.05, 4.69) is 31.9 Å². The van der Waals surface area contributed by atoms with Gasteiger partial charge < -0.3 is 0 Å². The van der Waals surface area contributed by atoms with Crippen molar-refractivity contribution in [3.63, 3.8) is 0 Å². The molecule has 1 aliphatic heterocycles. The van der Waals surface area contributed by atoms with Crippen LogP contribution in [0.15, 0.2) is 27.1 Å². The van der Waals surface area contributed by atoms with Crippen LogP contribution in [-0.4, -0.2) is 23.3 Å². The van der Waals surface area contributed by atoms with Crippen LogP contribution in [0.3, 0.4) is 0 Å². The molecule has 84 valence electrons. The van der Waals surface area contributed by atoms with Crippen LogP contribution in [0.25, 0.3) is 0 Å². The molecule has 5 heteroatoms. The predicted molar refractivity (Wildman–Crippen MR) is 67.1 cm³/mol. The van der Waals surface area contributed by atoms with Crippen molar-refractivity contribution < 1.29 is 9.59 Å². The summed E-state index contributed by atoms with van der Waals surface area (Å²) < 4.78 is 1.59. The van der Waals surface area contributed by atoms with E-state index < -0.39 is 0 Å². The molecular formula is C11H9Br2NO2. The van der Waals surface area contributed by atoms with E-state index in [4.69, 9.17) is 0 Å². The molecule has 1 fully saturated rings.